The van der Waals surface area contributed by atoms with Crippen molar-refractivity contribution in [3.05, 3.63) is 30.1 Å². The number of nitrogens with one attached hydrogen (secondary N) is 2. The summed E-state index contributed by atoms with van der Waals surface area (Å²) in [7, 11) is 0. The average Bonchev–Trinajstić information content (AvgIpc) is 2.90. The fourth-order valence-corrected chi connectivity index (χ4v) is 3.74. The number of hydrogen-bond donors (Lipinski definition) is 3. The van der Waals surface area contributed by atoms with Crippen molar-refractivity contribution in [2.45, 2.75) is 50.2 Å². The van der Waals surface area contributed by atoms with Crippen LogP contribution in [0, 0.1) is 0 Å². The molecular formula is C20H23N5O7. The minimum Gasteiger partial charge on any atom is -0.481 e. The highest BCUT2D eigenvalue weighted by Gasteiger charge is 2.45. The zero-order valence-corrected chi connectivity index (χ0v) is 17.1. The molecule has 4 amide bonds. The van der Waals surface area contributed by atoms with Gasteiger partial charge in [-0.05, 0) is 31.4 Å². The molecule has 0 aromatic carbocycles. The lowest BCUT2D eigenvalue weighted by atomic mass is 10.0. The van der Waals surface area contributed by atoms with E-state index in [1.54, 1.807) is 12.1 Å². The average molecular weight is 445 g/mol. The van der Waals surface area contributed by atoms with E-state index in [0.717, 1.165) is 5.01 Å². The van der Waals surface area contributed by atoms with E-state index in [0.29, 0.717) is 12.7 Å². The lowest BCUT2D eigenvalue weighted by Gasteiger charge is -2.43. The van der Waals surface area contributed by atoms with Crippen LogP contribution >= 0.6 is 0 Å². The minimum absolute atomic E-state index is 0.0142. The maximum Gasteiger partial charge on any atom is 0.305 e. The monoisotopic (exact) mass is 445 g/mol. The summed E-state index contributed by atoms with van der Waals surface area (Å²) >= 11 is 0. The van der Waals surface area contributed by atoms with Crippen molar-refractivity contribution in [1.29, 1.82) is 0 Å². The predicted molar refractivity (Wildman–Crippen MR) is 107 cm³/mol. The molecule has 3 atom stereocenters. The van der Waals surface area contributed by atoms with Crippen LogP contribution in [0.5, 0.6) is 0 Å². The molecule has 0 saturated carbocycles. The molecule has 12 nitrogen and oxygen atoms in total. The van der Waals surface area contributed by atoms with E-state index in [-0.39, 0.29) is 37.4 Å². The van der Waals surface area contributed by atoms with Crippen molar-refractivity contribution >= 4 is 35.9 Å². The highest BCUT2D eigenvalue weighted by molar-refractivity contribution is 5.99. The quantitative estimate of drug-likeness (QED) is 0.443. The van der Waals surface area contributed by atoms with Crippen LogP contribution < -0.4 is 10.6 Å². The van der Waals surface area contributed by atoms with Gasteiger partial charge >= 0.3 is 5.97 Å². The van der Waals surface area contributed by atoms with Gasteiger partial charge in [0.15, 0.2) is 0 Å². The first kappa shape index (κ1) is 22.8. The molecule has 2 unspecified atom stereocenters. The number of aliphatic carboxylic acids is 1. The molecule has 2 aliphatic rings. The third-order valence-electron chi connectivity index (χ3n) is 5.25. The Morgan fingerprint density at radius 2 is 2.03 bits per heavy atom. The molecule has 32 heavy (non-hydrogen) atoms. The fourth-order valence-electron chi connectivity index (χ4n) is 3.74. The first-order chi connectivity index (χ1) is 15.3. The maximum atomic E-state index is 13.3. The van der Waals surface area contributed by atoms with Gasteiger partial charge in [0.25, 0.3) is 11.8 Å². The SMILES string of the molecule is O=C[C@H](CC(=O)O)NC(=O)C1CCCN2C(=O)CCC(NC(=O)c3ccccn3)C(=O)N12. The number of nitrogens with zero attached hydrogens (tertiary/aromatic N) is 3. The molecule has 170 valence electrons. The summed E-state index contributed by atoms with van der Waals surface area (Å²) < 4.78 is 0. The Morgan fingerprint density at radius 1 is 1.25 bits per heavy atom. The molecule has 3 rings (SSSR count). The summed E-state index contributed by atoms with van der Waals surface area (Å²) in [6.45, 7) is 0.224. The smallest absolute Gasteiger partial charge is 0.305 e. The van der Waals surface area contributed by atoms with Crippen molar-refractivity contribution in [1.82, 2.24) is 25.6 Å². The topological polar surface area (TPSA) is 166 Å². The molecule has 0 radical (unpaired) electrons. The molecule has 3 heterocycles. The number of rotatable bonds is 7. The van der Waals surface area contributed by atoms with Crippen LogP contribution in [0.2, 0.25) is 0 Å². The number of carbonyl (C=O) groups is 6. The van der Waals surface area contributed by atoms with Gasteiger partial charge in [-0.3, -0.25) is 34.0 Å². The Balaban J connectivity index is 1.81. The van der Waals surface area contributed by atoms with E-state index in [1.807, 2.05) is 0 Å². The molecule has 2 aliphatic heterocycles. The number of carboxylic acids is 1. The second kappa shape index (κ2) is 9.98. The van der Waals surface area contributed by atoms with E-state index in [9.17, 15) is 28.8 Å². The zero-order chi connectivity index (χ0) is 23.3. The van der Waals surface area contributed by atoms with Crippen molar-refractivity contribution in [2.24, 2.45) is 0 Å². The Kier molecular flexibility index (Phi) is 7.13. The van der Waals surface area contributed by atoms with Gasteiger partial charge < -0.3 is 20.5 Å². The molecule has 1 aromatic rings. The van der Waals surface area contributed by atoms with Gasteiger partial charge in [-0.25, -0.2) is 5.01 Å². The number of fused-ring (bicyclic) bond motifs is 1. The van der Waals surface area contributed by atoms with Crippen molar-refractivity contribution in [3.63, 3.8) is 0 Å². The Hall–Kier alpha value is -3.83. The van der Waals surface area contributed by atoms with Crippen molar-refractivity contribution in [2.75, 3.05) is 6.54 Å². The van der Waals surface area contributed by atoms with Gasteiger partial charge in [-0.2, -0.15) is 0 Å². The Bertz CT molecular complexity index is 922. The third kappa shape index (κ3) is 5.07. The first-order valence-electron chi connectivity index (χ1n) is 10.1. The van der Waals surface area contributed by atoms with E-state index in [2.05, 4.69) is 15.6 Å². The van der Waals surface area contributed by atoms with Gasteiger partial charge in [0, 0.05) is 19.2 Å². The normalized spacial score (nSPS) is 21.8. The van der Waals surface area contributed by atoms with E-state index < -0.39 is 48.2 Å². The fraction of sp³-hybridized carbons (Fsp3) is 0.450. The van der Waals surface area contributed by atoms with Crippen LogP contribution in [0.25, 0.3) is 0 Å². The van der Waals surface area contributed by atoms with Gasteiger partial charge in [-0.1, -0.05) is 6.07 Å². The number of aldehydes is 1. The van der Waals surface area contributed by atoms with Crippen LogP contribution in [0.4, 0.5) is 0 Å². The number of hydrogen-bond acceptors (Lipinski definition) is 7. The highest BCUT2D eigenvalue weighted by Crippen LogP contribution is 2.25. The summed E-state index contributed by atoms with van der Waals surface area (Å²) in [6.07, 6.45) is 1.80. The molecule has 12 heteroatoms. The number of pyridine rings is 1. The van der Waals surface area contributed by atoms with Crippen LogP contribution in [-0.2, 0) is 24.0 Å². The maximum absolute atomic E-state index is 13.3. The number of carboxylic acid groups (broad SMARTS) is 1. The summed E-state index contributed by atoms with van der Waals surface area (Å²) in [5.74, 6) is -3.62. The van der Waals surface area contributed by atoms with Crippen molar-refractivity contribution < 1.29 is 33.9 Å². The second-order valence-electron chi connectivity index (χ2n) is 7.49. The first-order valence-corrected chi connectivity index (χ1v) is 10.1. The Labute approximate surface area is 182 Å². The van der Waals surface area contributed by atoms with Gasteiger partial charge in [0.05, 0.1) is 12.5 Å². The van der Waals surface area contributed by atoms with Crippen molar-refractivity contribution in [3.8, 4) is 0 Å². The lowest BCUT2D eigenvalue weighted by molar-refractivity contribution is -0.176. The van der Waals surface area contributed by atoms with Gasteiger partial charge in [0.2, 0.25) is 11.8 Å². The third-order valence-corrected chi connectivity index (χ3v) is 5.25. The number of carbonyl (C=O) groups excluding carboxylic acids is 5. The summed E-state index contributed by atoms with van der Waals surface area (Å²) in [5.41, 5.74) is 0.100. The summed E-state index contributed by atoms with van der Waals surface area (Å²) in [4.78, 5) is 77.2. The molecule has 2 fully saturated rings. The summed E-state index contributed by atoms with van der Waals surface area (Å²) in [5, 5.41) is 16.0. The van der Waals surface area contributed by atoms with Crippen LogP contribution in [0.15, 0.2) is 24.4 Å². The molecular weight excluding hydrogens is 422 g/mol. The number of aromatic nitrogens is 1. The van der Waals surface area contributed by atoms with Crippen LogP contribution in [0.1, 0.15) is 42.6 Å². The standard InChI is InChI=1S/C20H23N5O7/c26-11-12(10-17(28)29)22-19(31)15-5-3-9-24-16(27)7-6-14(20(32)25(15)24)23-18(30)13-4-1-2-8-21-13/h1-2,4,8,11-12,14-15H,3,5-7,9-10H2,(H,22,31)(H,23,30)(H,28,29)/t12-,14?,15?/m0/s1. The minimum atomic E-state index is -1.27. The van der Waals surface area contributed by atoms with Crippen LogP contribution in [-0.4, -0.2) is 80.7 Å². The second-order valence-corrected chi connectivity index (χ2v) is 7.49. The summed E-state index contributed by atoms with van der Waals surface area (Å²) in [6, 6.07) is 1.28. The molecule has 0 spiro atoms. The molecule has 2 saturated heterocycles. The molecule has 3 N–H and O–H groups in total. The highest BCUT2D eigenvalue weighted by atomic mass is 16.4. The largest absolute Gasteiger partial charge is 0.481 e. The number of amides is 4. The van der Waals surface area contributed by atoms with E-state index in [1.165, 1.54) is 17.3 Å². The predicted octanol–water partition coefficient (Wildman–Crippen LogP) is -1.13. The van der Waals surface area contributed by atoms with E-state index in [4.69, 9.17) is 5.11 Å². The lowest BCUT2D eigenvalue weighted by Crippen LogP contribution is -2.64. The van der Waals surface area contributed by atoms with Gasteiger partial charge in [-0.15, -0.1) is 0 Å². The molecule has 0 aliphatic carbocycles. The Morgan fingerprint density at radius 3 is 2.69 bits per heavy atom. The van der Waals surface area contributed by atoms with Crippen LogP contribution in [0.3, 0.4) is 0 Å². The molecule has 0 bridgehead atoms. The zero-order valence-electron chi connectivity index (χ0n) is 17.1. The molecule has 1 aromatic heterocycles. The number of hydrazine groups is 1. The van der Waals surface area contributed by atoms with E-state index >= 15 is 0 Å². The van der Waals surface area contributed by atoms with Gasteiger partial charge in [0.1, 0.15) is 24.1 Å².